The summed E-state index contributed by atoms with van der Waals surface area (Å²) in [5.74, 6) is 1.34. The van der Waals surface area contributed by atoms with E-state index in [1.54, 1.807) is 25.3 Å². The molecule has 2 N–H and O–H groups in total. The molecule has 27 heavy (non-hydrogen) atoms. The first-order chi connectivity index (χ1) is 13.1. The third kappa shape index (κ3) is 3.60. The Morgan fingerprint density at radius 3 is 2.93 bits per heavy atom. The molecule has 2 fully saturated rings. The van der Waals surface area contributed by atoms with Crippen molar-refractivity contribution >= 4 is 11.8 Å². The molecule has 3 aliphatic rings. The van der Waals surface area contributed by atoms with Crippen molar-refractivity contribution in [3.63, 3.8) is 0 Å². The summed E-state index contributed by atoms with van der Waals surface area (Å²) in [6.45, 7) is 3.48. The molecule has 1 atom stereocenters. The summed E-state index contributed by atoms with van der Waals surface area (Å²) in [7, 11) is 1.57. The van der Waals surface area contributed by atoms with E-state index in [4.69, 9.17) is 9.47 Å². The van der Waals surface area contributed by atoms with Crippen LogP contribution in [-0.2, 0) is 4.79 Å². The monoisotopic (exact) mass is 373 g/mol. The van der Waals surface area contributed by atoms with Crippen LogP contribution in [0.4, 0.5) is 0 Å². The van der Waals surface area contributed by atoms with E-state index in [9.17, 15) is 9.59 Å². The SMILES string of the molecule is COc1ccc2c(c1)C(=O)NC[C@@]1(CCCN(C(=O)C3CCNCC3)C1)O2. The molecule has 2 saturated heterocycles. The lowest BCUT2D eigenvalue weighted by Crippen LogP contribution is -2.59. The number of nitrogens with one attached hydrogen (secondary N) is 2. The van der Waals surface area contributed by atoms with Crippen LogP contribution in [0, 0.1) is 5.92 Å². The summed E-state index contributed by atoms with van der Waals surface area (Å²) in [5.41, 5.74) is -0.0934. The summed E-state index contributed by atoms with van der Waals surface area (Å²) in [6, 6.07) is 5.28. The first kappa shape index (κ1) is 18.1. The third-order valence-corrected chi connectivity index (χ3v) is 5.87. The molecular formula is C20H27N3O4. The molecule has 2 amide bonds. The minimum atomic E-state index is -0.573. The van der Waals surface area contributed by atoms with Gasteiger partial charge in [-0.2, -0.15) is 0 Å². The Hall–Kier alpha value is -2.28. The number of piperidine rings is 2. The van der Waals surface area contributed by atoms with Gasteiger partial charge in [0.1, 0.15) is 17.1 Å². The molecule has 1 aromatic carbocycles. The number of nitrogens with zero attached hydrogens (tertiary/aromatic N) is 1. The van der Waals surface area contributed by atoms with Crippen LogP contribution in [0.2, 0.25) is 0 Å². The molecule has 4 rings (SSSR count). The van der Waals surface area contributed by atoms with E-state index in [-0.39, 0.29) is 17.7 Å². The zero-order chi connectivity index (χ0) is 18.9. The Balaban J connectivity index is 1.55. The smallest absolute Gasteiger partial charge is 0.255 e. The maximum absolute atomic E-state index is 13.0. The van der Waals surface area contributed by atoms with E-state index in [1.165, 1.54) is 0 Å². The van der Waals surface area contributed by atoms with Crippen LogP contribution in [0.15, 0.2) is 18.2 Å². The largest absolute Gasteiger partial charge is 0.497 e. The van der Waals surface area contributed by atoms with Gasteiger partial charge in [-0.25, -0.2) is 0 Å². The number of methoxy groups -OCH3 is 1. The highest BCUT2D eigenvalue weighted by molar-refractivity contribution is 5.97. The van der Waals surface area contributed by atoms with Gasteiger partial charge < -0.3 is 25.0 Å². The van der Waals surface area contributed by atoms with Crippen LogP contribution in [0.5, 0.6) is 11.5 Å². The van der Waals surface area contributed by atoms with Crippen LogP contribution in [0.3, 0.4) is 0 Å². The zero-order valence-corrected chi connectivity index (χ0v) is 15.8. The molecule has 0 bridgehead atoms. The Morgan fingerprint density at radius 1 is 1.33 bits per heavy atom. The Labute approximate surface area is 159 Å². The van der Waals surface area contributed by atoms with Gasteiger partial charge >= 0.3 is 0 Å². The number of hydrogen-bond acceptors (Lipinski definition) is 5. The normalized spacial score (nSPS) is 26.0. The molecule has 0 aromatic heterocycles. The maximum atomic E-state index is 13.0. The van der Waals surface area contributed by atoms with Gasteiger partial charge in [-0.3, -0.25) is 9.59 Å². The van der Waals surface area contributed by atoms with Crippen LogP contribution in [0.1, 0.15) is 36.0 Å². The van der Waals surface area contributed by atoms with Gasteiger partial charge in [0, 0.05) is 12.5 Å². The van der Waals surface area contributed by atoms with Crippen molar-refractivity contribution < 1.29 is 19.1 Å². The van der Waals surface area contributed by atoms with Crippen LogP contribution in [0.25, 0.3) is 0 Å². The van der Waals surface area contributed by atoms with E-state index in [0.29, 0.717) is 30.2 Å². The minimum absolute atomic E-state index is 0.0957. The molecule has 0 radical (unpaired) electrons. The second kappa shape index (κ2) is 7.38. The van der Waals surface area contributed by atoms with Crippen molar-refractivity contribution in [2.75, 3.05) is 39.8 Å². The average Bonchev–Trinajstić information content (AvgIpc) is 2.84. The van der Waals surface area contributed by atoms with Crippen molar-refractivity contribution in [1.29, 1.82) is 0 Å². The minimum Gasteiger partial charge on any atom is -0.497 e. The Bertz CT molecular complexity index is 732. The quantitative estimate of drug-likeness (QED) is 0.814. The molecular weight excluding hydrogens is 346 g/mol. The second-order valence-corrected chi connectivity index (χ2v) is 7.72. The highest BCUT2D eigenvalue weighted by atomic mass is 16.5. The van der Waals surface area contributed by atoms with Gasteiger partial charge in [0.05, 0.1) is 25.8 Å². The Morgan fingerprint density at radius 2 is 2.15 bits per heavy atom. The summed E-state index contributed by atoms with van der Waals surface area (Å²) in [5, 5.41) is 6.29. The van der Waals surface area contributed by atoms with Gasteiger partial charge in [0.2, 0.25) is 5.91 Å². The second-order valence-electron chi connectivity index (χ2n) is 7.72. The first-order valence-corrected chi connectivity index (χ1v) is 9.75. The summed E-state index contributed by atoms with van der Waals surface area (Å²) < 4.78 is 11.6. The van der Waals surface area contributed by atoms with E-state index in [0.717, 1.165) is 45.3 Å². The van der Waals surface area contributed by atoms with Crippen molar-refractivity contribution in [1.82, 2.24) is 15.5 Å². The molecule has 3 heterocycles. The molecule has 146 valence electrons. The fourth-order valence-corrected chi connectivity index (χ4v) is 4.35. The highest BCUT2D eigenvalue weighted by Gasteiger charge is 2.43. The summed E-state index contributed by atoms with van der Waals surface area (Å²) in [6.07, 6.45) is 3.47. The van der Waals surface area contributed by atoms with Gasteiger partial charge in [0.25, 0.3) is 5.91 Å². The van der Waals surface area contributed by atoms with Crippen molar-refractivity contribution in [2.45, 2.75) is 31.3 Å². The molecule has 0 unspecified atom stereocenters. The van der Waals surface area contributed by atoms with Crippen molar-refractivity contribution in [3.8, 4) is 11.5 Å². The fraction of sp³-hybridized carbons (Fsp3) is 0.600. The number of ether oxygens (including phenoxy) is 2. The van der Waals surface area contributed by atoms with Gasteiger partial charge in [-0.15, -0.1) is 0 Å². The van der Waals surface area contributed by atoms with Gasteiger partial charge in [0.15, 0.2) is 0 Å². The molecule has 0 saturated carbocycles. The van der Waals surface area contributed by atoms with E-state index < -0.39 is 5.60 Å². The van der Waals surface area contributed by atoms with Crippen LogP contribution in [-0.4, -0.2) is 62.1 Å². The lowest BCUT2D eigenvalue weighted by atomic mass is 9.89. The van der Waals surface area contributed by atoms with Crippen molar-refractivity contribution in [2.24, 2.45) is 5.92 Å². The Kier molecular flexibility index (Phi) is 4.95. The number of likely N-dealkylation sites (tertiary alicyclic amines) is 1. The molecule has 3 aliphatic heterocycles. The highest BCUT2D eigenvalue weighted by Crippen LogP contribution is 2.34. The average molecular weight is 373 g/mol. The zero-order valence-electron chi connectivity index (χ0n) is 15.8. The molecule has 1 spiro atoms. The number of fused-ring (bicyclic) bond motifs is 1. The van der Waals surface area contributed by atoms with E-state index in [2.05, 4.69) is 10.6 Å². The molecule has 7 nitrogen and oxygen atoms in total. The number of benzene rings is 1. The lowest BCUT2D eigenvalue weighted by Gasteiger charge is -2.43. The van der Waals surface area contributed by atoms with Crippen molar-refractivity contribution in [3.05, 3.63) is 23.8 Å². The van der Waals surface area contributed by atoms with Crippen LogP contribution >= 0.6 is 0 Å². The maximum Gasteiger partial charge on any atom is 0.255 e. The number of rotatable bonds is 2. The fourth-order valence-electron chi connectivity index (χ4n) is 4.35. The van der Waals surface area contributed by atoms with Crippen LogP contribution < -0.4 is 20.1 Å². The standard InChI is InChI=1S/C20H27N3O4/c1-26-15-3-4-17-16(11-15)18(24)22-12-20(27-17)7-2-10-23(13-20)19(25)14-5-8-21-9-6-14/h3-4,11,14,21H,2,5-10,12-13H2,1H3,(H,22,24)/t20-/m1/s1. The predicted octanol–water partition coefficient (Wildman–Crippen LogP) is 1.18. The number of hydrogen-bond donors (Lipinski definition) is 2. The number of carbonyl (C=O) groups is 2. The van der Waals surface area contributed by atoms with Gasteiger partial charge in [-0.05, 0) is 57.0 Å². The molecule has 0 aliphatic carbocycles. The first-order valence-electron chi connectivity index (χ1n) is 9.75. The number of carbonyl (C=O) groups excluding carboxylic acids is 2. The summed E-state index contributed by atoms with van der Waals surface area (Å²) >= 11 is 0. The topological polar surface area (TPSA) is 79.9 Å². The predicted molar refractivity (Wildman–Crippen MR) is 100 cm³/mol. The summed E-state index contributed by atoms with van der Waals surface area (Å²) in [4.78, 5) is 27.5. The number of amides is 2. The van der Waals surface area contributed by atoms with E-state index in [1.807, 2.05) is 4.90 Å². The van der Waals surface area contributed by atoms with Gasteiger partial charge in [-0.1, -0.05) is 0 Å². The molecule has 7 heteroatoms. The third-order valence-electron chi connectivity index (χ3n) is 5.87. The molecule has 1 aromatic rings. The van der Waals surface area contributed by atoms with E-state index >= 15 is 0 Å². The lowest BCUT2D eigenvalue weighted by molar-refractivity contribution is -0.142.